The summed E-state index contributed by atoms with van der Waals surface area (Å²) in [6.45, 7) is 2.79. The fourth-order valence-corrected chi connectivity index (χ4v) is 2.23. The third-order valence-corrected chi connectivity index (χ3v) is 3.29. The standard InChI is InChI=1S/C16H18N4/c1-2-5-16-14(4-1)6-7-15(19-16)12-17-8-3-10-20-11-9-18-13-20/h1-2,4-7,9,11,13,17H,3,8,10,12H2. The van der Waals surface area contributed by atoms with Gasteiger partial charge in [0.15, 0.2) is 0 Å². The quantitative estimate of drug-likeness (QED) is 0.697. The Morgan fingerprint density at radius 2 is 2.05 bits per heavy atom. The van der Waals surface area contributed by atoms with Gasteiger partial charge in [0.2, 0.25) is 0 Å². The van der Waals surface area contributed by atoms with E-state index in [1.54, 1.807) is 0 Å². The first-order chi connectivity index (χ1) is 9.92. The fourth-order valence-electron chi connectivity index (χ4n) is 2.23. The van der Waals surface area contributed by atoms with Crippen LogP contribution in [-0.4, -0.2) is 21.1 Å². The SMILES string of the molecule is c1ccc2nc(CNCCCn3ccnc3)ccc2c1. The average molecular weight is 266 g/mol. The highest BCUT2D eigenvalue weighted by Gasteiger charge is 1.97. The van der Waals surface area contributed by atoms with Gasteiger partial charge in [-0.1, -0.05) is 24.3 Å². The topological polar surface area (TPSA) is 42.7 Å². The van der Waals surface area contributed by atoms with E-state index in [-0.39, 0.29) is 0 Å². The number of aryl methyl sites for hydroxylation is 1. The Balaban J connectivity index is 1.47. The zero-order chi connectivity index (χ0) is 13.6. The molecule has 0 spiro atoms. The minimum atomic E-state index is 0.814. The summed E-state index contributed by atoms with van der Waals surface area (Å²) in [6, 6.07) is 12.4. The Hall–Kier alpha value is -2.20. The molecule has 20 heavy (non-hydrogen) atoms. The molecule has 4 nitrogen and oxygen atoms in total. The van der Waals surface area contributed by atoms with Crippen LogP contribution >= 0.6 is 0 Å². The second-order valence-corrected chi connectivity index (χ2v) is 4.83. The second kappa shape index (κ2) is 6.30. The molecule has 0 aliphatic rings. The van der Waals surface area contributed by atoms with Gasteiger partial charge in [0.1, 0.15) is 0 Å². The van der Waals surface area contributed by atoms with E-state index in [0.29, 0.717) is 0 Å². The van der Waals surface area contributed by atoms with Crippen LogP contribution in [0, 0.1) is 0 Å². The molecule has 0 bridgehead atoms. The van der Waals surface area contributed by atoms with Crippen LogP contribution in [-0.2, 0) is 13.1 Å². The minimum Gasteiger partial charge on any atom is -0.337 e. The maximum absolute atomic E-state index is 4.65. The molecule has 4 heteroatoms. The average Bonchev–Trinajstić information content (AvgIpc) is 3.00. The Labute approximate surface area is 118 Å². The number of para-hydroxylation sites is 1. The fraction of sp³-hybridized carbons (Fsp3) is 0.250. The summed E-state index contributed by atoms with van der Waals surface area (Å²) in [5.41, 5.74) is 2.15. The lowest BCUT2D eigenvalue weighted by molar-refractivity contribution is 0.577. The number of benzene rings is 1. The molecule has 2 aromatic heterocycles. The first kappa shape index (κ1) is 12.8. The molecule has 2 heterocycles. The van der Waals surface area contributed by atoms with Crippen molar-refractivity contribution in [3.63, 3.8) is 0 Å². The molecule has 0 fully saturated rings. The van der Waals surface area contributed by atoms with Crippen molar-refractivity contribution >= 4 is 10.9 Å². The van der Waals surface area contributed by atoms with Crippen molar-refractivity contribution in [2.45, 2.75) is 19.5 Å². The van der Waals surface area contributed by atoms with Gasteiger partial charge in [-0.25, -0.2) is 4.98 Å². The summed E-state index contributed by atoms with van der Waals surface area (Å²) in [5.74, 6) is 0. The molecule has 0 radical (unpaired) electrons. The third kappa shape index (κ3) is 3.22. The smallest absolute Gasteiger partial charge is 0.0945 e. The van der Waals surface area contributed by atoms with E-state index in [4.69, 9.17) is 0 Å². The molecule has 1 aromatic carbocycles. The molecule has 0 amide bonds. The molecule has 3 aromatic rings. The summed E-state index contributed by atoms with van der Waals surface area (Å²) in [6.07, 6.45) is 6.74. The van der Waals surface area contributed by atoms with Gasteiger partial charge in [0.25, 0.3) is 0 Å². The number of aromatic nitrogens is 3. The Kier molecular flexibility index (Phi) is 4.04. The molecule has 102 valence electrons. The number of pyridine rings is 1. The number of hydrogen-bond acceptors (Lipinski definition) is 3. The zero-order valence-corrected chi connectivity index (χ0v) is 11.4. The van der Waals surface area contributed by atoms with Gasteiger partial charge >= 0.3 is 0 Å². The van der Waals surface area contributed by atoms with Crippen LogP contribution in [0.3, 0.4) is 0 Å². The zero-order valence-electron chi connectivity index (χ0n) is 11.4. The largest absolute Gasteiger partial charge is 0.337 e. The summed E-state index contributed by atoms with van der Waals surface area (Å²) in [4.78, 5) is 8.68. The highest BCUT2D eigenvalue weighted by Crippen LogP contribution is 2.11. The number of imidazole rings is 1. The maximum atomic E-state index is 4.65. The van der Waals surface area contributed by atoms with Gasteiger partial charge in [-0.2, -0.15) is 0 Å². The van der Waals surface area contributed by atoms with Crippen LogP contribution in [0.2, 0.25) is 0 Å². The van der Waals surface area contributed by atoms with Crippen molar-refractivity contribution in [1.29, 1.82) is 0 Å². The van der Waals surface area contributed by atoms with Crippen LogP contribution in [0.25, 0.3) is 10.9 Å². The summed E-state index contributed by atoms with van der Waals surface area (Å²) < 4.78 is 2.09. The molecule has 0 unspecified atom stereocenters. The van der Waals surface area contributed by atoms with Gasteiger partial charge in [-0.3, -0.25) is 4.98 Å². The Bertz CT molecular complexity index is 661. The maximum Gasteiger partial charge on any atom is 0.0945 e. The molecule has 0 aliphatic carbocycles. The minimum absolute atomic E-state index is 0.814. The first-order valence-electron chi connectivity index (χ1n) is 6.93. The highest BCUT2D eigenvalue weighted by atomic mass is 15.0. The first-order valence-corrected chi connectivity index (χ1v) is 6.93. The third-order valence-electron chi connectivity index (χ3n) is 3.29. The summed E-state index contributed by atoms with van der Waals surface area (Å²) in [7, 11) is 0. The van der Waals surface area contributed by atoms with E-state index >= 15 is 0 Å². The van der Waals surface area contributed by atoms with E-state index in [1.807, 2.05) is 30.9 Å². The monoisotopic (exact) mass is 266 g/mol. The van der Waals surface area contributed by atoms with E-state index in [0.717, 1.165) is 37.3 Å². The van der Waals surface area contributed by atoms with Crippen molar-refractivity contribution in [2.24, 2.45) is 0 Å². The highest BCUT2D eigenvalue weighted by molar-refractivity contribution is 5.78. The molecule has 0 atom stereocenters. The van der Waals surface area contributed by atoms with Gasteiger partial charge in [0.05, 0.1) is 17.5 Å². The van der Waals surface area contributed by atoms with Crippen molar-refractivity contribution < 1.29 is 0 Å². The lowest BCUT2D eigenvalue weighted by Gasteiger charge is -2.06. The van der Waals surface area contributed by atoms with Crippen LogP contribution in [0.1, 0.15) is 12.1 Å². The number of rotatable bonds is 6. The molecular formula is C16H18N4. The molecular weight excluding hydrogens is 248 g/mol. The number of nitrogens with zero attached hydrogens (tertiary/aromatic N) is 3. The van der Waals surface area contributed by atoms with Crippen LogP contribution in [0.15, 0.2) is 55.1 Å². The molecule has 0 saturated heterocycles. The summed E-state index contributed by atoms with van der Waals surface area (Å²) in [5, 5.41) is 4.62. The van der Waals surface area contributed by atoms with Gasteiger partial charge in [0, 0.05) is 30.9 Å². The van der Waals surface area contributed by atoms with Gasteiger partial charge < -0.3 is 9.88 Å². The van der Waals surface area contributed by atoms with Crippen LogP contribution in [0.5, 0.6) is 0 Å². The number of nitrogens with one attached hydrogen (secondary N) is 1. The normalized spacial score (nSPS) is 11.0. The van der Waals surface area contributed by atoms with Gasteiger partial charge in [-0.05, 0) is 25.1 Å². The predicted octanol–water partition coefficient (Wildman–Crippen LogP) is 2.61. The van der Waals surface area contributed by atoms with Crippen molar-refractivity contribution in [1.82, 2.24) is 19.9 Å². The van der Waals surface area contributed by atoms with Crippen molar-refractivity contribution in [2.75, 3.05) is 6.54 Å². The lowest BCUT2D eigenvalue weighted by atomic mass is 10.2. The Morgan fingerprint density at radius 3 is 2.95 bits per heavy atom. The van der Waals surface area contributed by atoms with Crippen LogP contribution in [0.4, 0.5) is 0 Å². The van der Waals surface area contributed by atoms with Crippen LogP contribution < -0.4 is 5.32 Å². The molecule has 0 aliphatic heterocycles. The number of hydrogen-bond donors (Lipinski definition) is 1. The van der Waals surface area contributed by atoms with E-state index < -0.39 is 0 Å². The molecule has 3 rings (SSSR count). The Morgan fingerprint density at radius 1 is 1.10 bits per heavy atom. The lowest BCUT2D eigenvalue weighted by Crippen LogP contribution is -2.17. The van der Waals surface area contributed by atoms with E-state index in [9.17, 15) is 0 Å². The van der Waals surface area contributed by atoms with Gasteiger partial charge in [-0.15, -0.1) is 0 Å². The molecule has 0 saturated carbocycles. The van der Waals surface area contributed by atoms with E-state index in [2.05, 4.69) is 44.1 Å². The van der Waals surface area contributed by atoms with Crippen molar-refractivity contribution in [3.05, 3.63) is 60.8 Å². The second-order valence-electron chi connectivity index (χ2n) is 4.83. The van der Waals surface area contributed by atoms with E-state index in [1.165, 1.54) is 5.39 Å². The number of fused-ring (bicyclic) bond motifs is 1. The molecule has 1 N–H and O–H groups in total. The van der Waals surface area contributed by atoms with Crippen molar-refractivity contribution in [3.8, 4) is 0 Å². The predicted molar refractivity (Wildman–Crippen MR) is 80.3 cm³/mol. The summed E-state index contributed by atoms with van der Waals surface area (Å²) >= 11 is 0.